The van der Waals surface area contributed by atoms with Crippen LogP contribution in [0.25, 0.3) is 10.6 Å². The molecule has 2 aromatic heterocycles. The smallest absolute Gasteiger partial charge is 0.263 e. The van der Waals surface area contributed by atoms with Crippen molar-refractivity contribution in [2.45, 2.75) is 38.6 Å². The van der Waals surface area contributed by atoms with Crippen LogP contribution >= 0.6 is 11.3 Å². The third-order valence-corrected chi connectivity index (χ3v) is 5.57. The topological polar surface area (TPSA) is 103 Å². The van der Waals surface area contributed by atoms with Gasteiger partial charge in [-0.2, -0.15) is 5.10 Å². The van der Waals surface area contributed by atoms with Gasteiger partial charge in [0.15, 0.2) is 0 Å². The second-order valence-corrected chi connectivity index (χ2v) is 7.27. The molecular formula is C16H21N5O2S. The fourth-order valence-electron chi connectivity index (χ4n) is 3.09. The van der Waals surface area contributed by atoms with Gasteiger partial charge in [0, 0.05) is 30.8 Å². The minimum absolute atomic E-state index is 0.00732. The van der Waals surface area contributed by atoms with E-state index in [0.717, 1.165) is 29.8 Å². The van der Waals surface area contributed by atoms with E-state index in [1.807, 2.05) is 20.2 Å². The summed E-state index contributed by atoms with van der Waals surface area (Å²) in [5.74, 6) is -0.547. The molecule has 1 aliphatic rings. The molecule has 2 amide bonds. The Morgan fingerprint density at radius 1 is 1.42 bits per heavy atom. The van der Waals surface area contributed by atoms with E-state index >= 15 is 0 Å². The Balaban J connectivity index is 1.71. The molecule has 0 aliphatic heterocycles. The Morgan fingerprint density at radius 3 is 2.88 bits per heavy atom. The van der Waals surface area contributed by atoms with Crippen molar-refractivity contribution in [2.24, 2.45) is 18.7 Å². The maximum absolute atomic E-state index is 12.6. The highest BCUT2D eigenvalue weighted by Gasteiger charge is 2.28. The maximum Gasteiger partial charge on any atom is 0.263 e. The normalized spacial score (nSPS) is 20.8. The molecule has 3 rings (SSSR count). The number of nitrogens with two attached hydrogens (primary N) is 1. The van der Waals surface area contributed by atoms with Crippen LogP contribution in [0.1, 0.15) is 41.0 Å². The van der Waals surface area contributed by atoms with Gasteiger partial charge >= 0.3 is 0 Å². The van der Waals surface area contributed by atoms with Crippen LogP contribution in [0, 0.1) is 12.8 Å². The highest BCUT2D eigenvalue weighted by Crippen LogP contribution is 2.29. The van der Waals surface area contributed by atoms with Gasteiger partial charge in [0.05, 0.1) is 11.9 Å². The van der Waals surface area contributed by atoms with E-state index in [0.29, 0.717) is 17.0 Å². The molecule has 24 heavy (non-hydrogen) atoms. The van der Waals surface area contributed by atoms with Crippen LogP contribution in [-0.2, 0) is 11.8 Å². The zero-order valence-corrected chi connectivity index (χ0v) is 14.6. The first-order valence-electron chi connectivity index (χ1n) is 8.00. The standard InChI is InChI=1S/C16H21N5O2S/c1-9-13(24-16(19-9)11-7-18-21(2)8-11)15(23)20-12-5-3-4-10(6-12)14(17)22/h7-8,10,12H,3-6H2,1-2H3,(H2,17,22)(H,20,23). The molecule has 0 bridgehead atoms. The lowest BCUT2D eigenvalue weighted by Gasteiger charge is -2.27. The van der Waals surface area contributed by atoms with Gasteiger partial charge in [-0.1, -0.05) is 6.42 Å². The van der Waals surface area contributed by atoms with E-state index in [-0.39, 0.29) is 23.8 Å². The monoisotopic (exact) mass is 347 g/mol. The average Bonchev–Trinajstić information content (AvgIpc) is 3.13. The molecule has 3 N–H and O–H groups in total. The Bertz CT molecular complexity index is 766. The van der Waals surface area contributed by atoms with Crippen molar-refractivity contribution in [2.75, 3.05) is 0 Å². The summed E-state index contributed by atoms with van der Waals surface area (Å²) in [5.41, 5.74) is 7.00. The first-order valence-corrected chi connectivity index (χ1v) is 8.82. The van der Waals surface area contributed by atoms with Crippen LogP contribution in [-0.4, -0.2) is 32.6 Å². The summed E-state index contributed by atoms with van der Waals surface area (Å²) in [6.45, 7) is 1.83. The van der Waals surface area contributed by atoms with Gasteiger partial charge in [0.2, 0.25) is 5.91 Å². The van der Waals surface area contributed by atoms with E-state index in [4.69, 9.17) is 5.73 Å². The molecule has 0 aromatic carbocycles. The van der Waals surface area contributed by atoms with Gasteiger partial charge in [-0.25, -0.2) is 4.98 Å². The summed E-state index contributed by atoms with van der Waals surface area (Å²) in [7, 11) is 1.84. The molecule has 8 heteroatoms. The predicted octanol–water partition coefficient (Wildman–Crippen LogP) is 1.63. The van der Waals surface area contributed by atoms with E-state index < -0.39 is 0 Å². The summed E-state index contributed by atoms with van der Waals surface area (Å²) in [6, 6.07) is -0.00732. The molecule has 1 saturated carbocycles. The lowest BCUT2D eigenvalue weighted by atomic mass is 9.85. The van der Waals surface area contributed by atoms with E-state index in [9.17, 15) is 9.59 Å². The summed E-state index contributed by atoms with van der Waals surface area (Å²) >= 11 is 1.36. The minimum Gasteiger partial charge on any atom is -0.369 e. The fourth-order valence-corrected chi connectivity index (χ4v) is 4.04. The summed E-state index contributed by atoms with van der Waals surface area (Å²) in [6.07, 6.45) is 6.82. The molecule has 2 heterocycles. The lowest BCUT2D eigenvalue weighted by molar-refractivity contribution is -0.122. The van der Waals surface area contributed by atoms with Crippen molar-refractivity contribution in [1.29, 1.82) is 0 Å². The third kappa shape index (κ3) is 3.48. The van der Waals surface area contributed by atoms with Crippen LogP contribution in [0.4, 0.5) is 0 Å². The zero-order valence-electron chi connectivity index (χ0n) is 13.8. The number of aryl methyl sites for hydroxylation is 2. The van der Waals surface area contributed by atoms with Crippen LogP contribution in [0.5, 0.6) is 0 Å². The third-order valence-electron chi connectivity index (χ3n) is 4.37. The Labute approximate surface area is 144 Å². The number of rotatable bonds is 4. The Kier molecular flexibility index (Phi) is 4.66. The summed E-state index contributed by atoms with van der Waals surface area (Å²) in [4.78, 5) is 29.0. The molecule has 1 aliphatic carbocycles. The molecule has 7 nitrogen and oxygen atoms in total. The first-order chi connectivity index (χ1) is 11.4. The number of hydrogen-bond acceptors (Lipinski definition) is 5. The van der Waals surface area contributed by atoms with Crippen molar-refractivity contribution >= 4 is 23.2 Å². The molecular weight excluding hydrogens is 326 g/mol. The quantitative estimate of drug-likeness (QED) is 0.877. The molecule has 128 valence electrons. The van der Waals surface area contributed by atoms with Gasteiger partial charge in [-0.05, 0) is 26.2 Å². The first kappa shape index (κ1) is 16.6. The lowest BCUT2D eigenvalue weighted by Crippen LogP contribution is -2.41. The zero-order chi connectivity index (χ0) is 17.3. The SMILES string of the molecule is Cc1nc(-c2cnn(C)c2)sc1C(=O)NC1CCCC(C(N)=O)C1. The van der Waals surface area contributed by atoms with E-state index in [1.165, 1.54) is 11.3 Å². The fraction of sp³-hybridized carbons (Fsp3) is 0.500. The Morgan fingerprint density at radius 2 is 2.21 bits per heavy atom. The van der Waals surface area contributed by atoms with Crippen LogP contribution in [0.2, 0.25) is 0 Å². The molecule has 0 spiro atoms. The van der Waals surface area contributed by atoms with Gasteiger partial charge in [0.1, 0.15) is 9.88 Å². The van der Waals surface area contributed by atoms with Crippen LogP contribution in [0.3, 0.4) is 0 Å². The van der Waals surface area contributed by atoms with E-state index in [1.54, 1.807) is 10.9 Å². The molecule has 1 fully saturated rings. The Hall–Kier alpha value is -2.22. The number of amides is 2. The van der Waals surface area contributed by atoms with Crippen molar-refractivity contribution in [3.8, 4) is 10.6 Å². The van der Waals surface area contributed by atoms with E-state index in [2.05, 4.69) is 15.4 Å². The molecule has 2 aromatic rings. The minimum atomic E-state index is -0.276. The number of thiazole rings is 1. The maximum atomic E-state index is 12.6. The second-order valence-electron chi connectivity index (χ2n) is 6.27. The number of nitrogens with zero attached hydrogens (tertiary/aromatic N) is 3. The van der Waals surface area contributed by atoms with Crippen LogP contribution < -0.4 is 11.1 Å². The van der Waals surface area contributed by atoms with Crippen molar-refractivity contribution in [3.05, 3.63) is 23.0 Å². The highest BCUT2D eigenvalue weighted by molar-refractivity contribution is 7.17. The van der Waals surface area contributed by atoms with Gasteiger partial charge in [-0.15, -0.1) is 11.3 Å². The largest absolute Gasteiger partial charge is 0.369 e. The highest BCUT2D eigenvalue weighted by atomic mass is 32.1. The van der Waals surface area contributed by atoms with Gasteiger partial charge in [0.25, 0.3) is 5.91 Å². The molecule has 2 atom stereocenters. The van der Waals surface area contributed by atoms with Crippen molar-refractivity contribution in [1.82, 2.24) is 20.1 Å². The second kappa shape index (κ2) is 6.72. The van der Waals surface area contributed by atoms with Crippen LogP contribution in [0.15, 0.2) is 12.4 Å². The molecule has 0 saturated heterocycles. The number of aromatic nitrogens is 3. The molecule has 0 radical (unpaired) electrons. The van der Waals surface area contributed by atoms with Gasteiger partial charge in [-0.3, -0.25) is 14.3 Å². The van der Waals surface area contributed by atoms with Gasteiger partial charge < -0.3 is 11.1 Å². The number of carbonyl (C=O) groups is 2. The average molecular weight is 347 g/mol. The summed E-state index contributed by atoms with van der Waals surface area (Å²) < 4.78 is 1.71. The van der Waals surface area contributed by atoms with Crippen molar-refractivity contribution < 1.29 is 9.59 Å². The summed E-state index contributed by atoms with van der Waals surface area (Å²) in [5, 5.41) is 7.95. The number of nitrogens with one attached hydrogen (secondary N) is 1. The van der Waals surface area contributed by atoms with Crippen molar-refractivity contribution in [3.63, 3.8) is 0 Å². The number of hydrogen-bond donors (Lipinski definition) is 2. The molecule has 2 unspecified atom stereocenters. The number of primary amides is 1. The predicted molar refractivity (Wildman–Crippen MR) is 91.5 cm³/mol. The number of carbonyl (C=O) groups excluding carboxylic acids is 2.